The third-order valence-electron chi connectivity index (χ3n) is 4.06. The first-order chi connectivity index (χ1) is 9.66. The van der Waals surface area contributed by atoms with E-state index in [0.29, 0.717) is 11.4 Å². The van der Waals surface area contributed by atoms with Crippen LogP contribution in [-0.2, 0) is 11.3 Å². The van der Waals surface area contributed by atoms with E-state index < -0.39 is 5.54 Å². The number of carbonyl (C=O) groups excluding carboxylic acids is 2. The second kappa shape index (κ2) is 4.75. The smallest absolute Gasteiger partial charge is 0.323 e. The van der Waals surface area contributed by atoms with Gasteiger partial charge in [0.25, 0.3) is 5.91 Å². The molecule has 1 aliphatic carbocycles. The molecule has 1 saturated carbocycles. The summed E-state index contributed by atoms with van der Waals surface area (Å²) in [5, 5.41) is 2.85. The average Bonchev–Trinajstić information content (AvgIpc) is 3.01. The summed E-state index contributed by atoms with van der Waals surface area (Å²) in [6, 6.07) is 3.21. The summed E-state index contributed by atoms with van der Waals surface area (Å²) in [6.07, 6.45) is 5.00. The number of aromatic nitrogens is 1. The molecule has 20 heavy (non-hydrogen) atoms. The fourth-order valence-corrected chi connectivity index (χ4v) is 3.00. The number of nitrogens with zero attached hydrogens (tertiary/aromatic N) is 2. The molecule has 106 valence electrons. The Morgan fingerprint density at radius 3 is 2.85 bits per heavy atom. The molecule has 7 heteroatoms. The van der Waals surface area contributed by atoms with E-state index in [1.54, 1.807) is 18.3 Å². The number of anilines is 1. The number of urea groups is 1. The standard InChI is InChI=1S/C13H17N5O2/c14-17-10-9(4-3-7-15-10)8-18-11(19)13(16-12(18)20)5-1-2-6-13/h3-4,7H,1-2,5-6,8,14H2,(H,15,17)(H,16,20). The minimum Gasteiger partial charge on any atom is -0.323 e. The number of hydrazine groups is 1. The number of nitrogen functional groups attached to an aromatic ring is 1. The Kier molecular flexibility index (Phi) is 3.06. The molecular formula is C13H17N5O2. The normalized spacial score (nSPS) is 20.6. The molecule has 1 spiro atoms. The monoisotopic (exact) mass is 275 g/mol. The van der Waals surface area contributed by atoms with Gasteiger partial charge in [-0.25, -0.2) is 15.6 Å². The van der Waals surface area contributed by atoms with Gasteiger partial charge in [0.15, 0.2) is 0 Å². The van der Waals surface area contributed by atoms with Crippen LogP contribution < -0.4 is 16.6 Å². The molecule has 3 amide bonds. The van der Waals surface area contributed by atoms with E-state index in [-0.39, 0.29) is 18.5 Å². The molecule has 3 rings (SSSR count). The van der Waals surface area contributed by atoms with Gasteiger partial charge in [-0.3, -0.25) is 9.69 Å². The van der Waals surface area contributed by atoms with Crippen molar-refractivity contribution in [3.8, 4) is 0 Å². The molecular weight excluding hydrogens is 258 g/mol. The SMILES string of the molecule is NNc1ncccc1CN1C(=O)NC2(CCCC2)C1=O. The van der Waals surface area contributed by atoms with Crippen LogP contribution in [0.3, 0.4) is 0 Å². The van der Waals surface area contributed by atoms with Gasteiger partial charge in [0.2, 0.25) is 0 Å². The summed E-state index contributed by atoms with van der Waals surface area (Å²) >= 11 is 0. The van der Waals surface area contributed by atoms with Gasteiger partial charge in [0.05, 0.1) is 6.54 Å². The predicted octanol–water partition coefficient (Wildman–Crippen LogP) is 0.732. The fourth-order valence-electron chi connectivity index (χ4n) is 3.00. The highest BCUT2D eigenvalue weighted by atomic mass is 16.2. The molecule has 0 radical (unpaired) electrons. The lowest BCUT2D eigenvalue weighted by molar-refractivity contribution is -0.131. The van der Waals surface area contributed by atoms with Crippen LogP contribution in [0.5, 0.6) is 0 Å². The van der Waals surface area contributed by atoms with Gasteiger partial charge in [0, 0.05) is 11.8 Å². The maximum atomic E-state index is 12.5. The molecule has 0 atom stereocenters. The summed E-state index contributed by atoms with van der Waals surface area (Å²) in [6.45, 7) is 0.180. The van der Waals surface area contributed by atoms with Crippen LogP contribution >= 0.6 is 0 Å². The van der Waals surface area contributed by atoms with E-state index in [1.807, 2.05) is 0 Å². The van der Waals surface area contributed by atoms with Crippen LogP contribution in [0.25, 0.3) is 0 Å². The quantitative estimate of drug-likeness (QED) is 0.429. The Morgan fingerprint density at radius 1 is 1.40 bits per heavy atom. The molecule has 0 aromatic carbocycles. The fraction of sp³-hybridized carbons (Fsp3) is 0.462. The minimum absolute atomic E-state index is 0.133. The zero-order chi connectivity index (χ0) is 14.2. The zero-order valence-electron chi connectivity index (χ0n) is 11.1. The Labute approximate surface area is 116 Å². The molecule has 7 nitrogen and oxygen atoms in total. The lowest BCUT2D eigenvalue weighted by Crippen LogP contribution is -2.44. The molecule has 2 aliphatic rings. The second-order valence-electron chi connectivity index (χ2n) is 5.27. The number of hydrogen-bond donors (Lipinski definition) is 3. The molecule has 4 N–H and O–H groups in total. The molecule has 1 aliphatic heterocycles. The van der Waals surface area contributed by atoms with E-state index in [0.717, 1.165) is 25.7 Å². The number of amides is 3. The van der Waals surface area contributed by atoms with Gasteiger partial charge in [-0.2, -0.15) is 0 Å². The number of nitrogens with two attached hydrogens (primary N) is 1. The van der Waals surface area contributed by atoms with Crippen molar-refractivity contribution < 1.29 is 9.59 Å². The zero-order valence-corrected chi connectivity index (χ0v) is 11.1. The summed E-state index contributed by atoms with van der Waals surface area (Å²) in [7, 11) is 0. The Hall–Kier alpha value is -2.15. The maximum Gasteiger partial charge on any atom is 0.325 e. The predicted molar refractivity (Wildman–Crippen MR) is 72.3 cm³/mol. The van der Waals surface area contributed by atoms with Gasteiger partial charge in [-0.05, 0) is 18.9 Å². The van der Waals surface area contributed by atoms with Crippen LogP contribution in [0.4, 0.5) is 10.6 Å². The highest BCUT2D eigenvalue weighted by Gasteiger charge is 2.52. The molecule has 1 aromatic rings. The number of pyridine rings is 1. The van der Waals surface area contributed by atoms with E-state index in [4.69, 9.17) is 5.84 Å². The third-order valence-corrected chi connectivity index (χ3v) is 4.06. The van der Waals surface area contributed by atoms with Crippen LogP contribution in [-0.4, -0.2) is 27.4 Å². The van der Waals surface area contributed by atoms with Gasteiger partial charge >= 0.3 is 6.03 Å². The lowest BCUT2D eigenvalue weighted by atomic mass is 9.98. The number of rotatable bonds is 3. The average molecular weight is 275 g/mol. The van der Waals surface area contributed by atoms with Crippen LogP contribution in [0.15, 0.2) is 18.3 Å². The van der Waals surface area contributed by atoms with Gasteiger partial charge in [0.1, 0.15) is 11.4 Å². The van der Waals surface area contributed by atoms with Gasteiger partial charge < -0.3 is 10.7 Å². The summed E-state index contributed by atoms with van der Waals surface area (Å²) in [5.41, 5.74) is 2.52. The Balaban J connectivity index is 1.84. The first-order valence-electron chi connectivity index (χ1n) is 6.71. The van der Waals surface area contributed by atoms with E-state index in [9.17, 15) is 9.59 Å². The van der Waals surface area contributed by atoms with E-state index >= 15 is 0 Å². The topological polar surface area (TPSA) is 100 Å². The first-order valence-corrected chi connectivity index (χ1v) is 6.71. The molecule has 2 fully saturated rings. The maximum absolute atomic E-state index is 12.5. The molecule has 1 aromatic heterocycles. The summed E-state index contributed by atoms with van der Waals surface area (Å²) in [5.74, 6) is 5.73. The van der Waals surface area contributed by atoms with Crippen LogP contribution in [0.1, 0.15) is 31.2 Å². The van der Waals surface area contributed by atoms with Crippen LogP contribution in [0, 0.1) is 0 Å². The Morgan fingerprint density at radius 2 is 2.15 bits per heavy atom. The van der Waals surface area contributed by atoms with Crippen molar-refractivity contribution in [1.82, 2.24) is 15.2 Å². The van der Waals surface area contributed by atoms with Crippen molar-refractivity contribution in [2.75, 3.05) is 5.43 Å². The molecule has 2 heterocycles. The third kappa shape index (κ3) is 1.90. The number of nitrogens with one attached hydrogen (secondary N) is 2. The second-order valence-corrected chi connectivity index (χ2v) is 5.27. The number of carbonyl (C=O) groups is 2. The summed E-state index contributed by atoms with van der Waals surface area (Å²) in [4.78, 5) is 29.9. The Bertz CT molecular complexity index is 553. The number of hydrogen-bond acceptors (Lipinski definition) is 5. The largest absolute Gasteiger partial charge is 0.325 e. The van der Waals surface area contributed by atoms with Gasteiger partial charge in [-0.1, -0.05) is 18.9 Å². The van der Waals surface area contributed by atoms with Crippen LogP contribution in [0.2, 0.25) is 0 Å². The van der Waals surface area contributed by atoms with Crippen molar-refractivity contribution >= 4 is 17.8 Å². The van der Waals surface area contributed by atoms with Crippen molar-refractivity contribution in [3.63, 3.8) is 0 Å². The van der Waals surface area contributed by atoms with Gasteiger partial charge in [-0.15, -0.1) is 0 Å². The van der Waals surface area contributed by atoms with Crippen molar-refractivity contribution in [1.29, 1.82) is 0 Å². The highest BCUT2D eigenvalue weighted by Crippen LogP contribution is 2.35. The summed E-state index contributed by atoms with van der Waals surface area (Å²) < 4.78 is 0. The van der Waals surface area contributed by atoms with Crippen molar-refractivity contribution in [3.05, 3.63) is 23.9 Å². The number of imide groups is 1. The van der Waals surface area contributed by atoms with E-state index in [1.165, 1.54) is 4.90 Å². The molecule has 0 bridgehead atoms. The first kappa shape index (κ1) is 12.9. The highest BCUT2D eigenvalue weighted by molar-refractivity contribution is 6.07. The van der Waals surface area contributed by atoms with Crippen molar-refractivity contribution in [2.24, 2.45) is 5.84 Å². The van der Waals surface area contributed by atoms with Crippen molar-refractivity contribution in [2.45, 2.75) is 37.8 Å². The molecule has 1 saturated heterocycles. The molecule has 0 unspecified atom stereocenters. The lowest BCUT2D eigenvalue weighted by Gasteiger charge is -2.20. The minimum atomic E-state index is -0.671. The van der Waals surface area contributed by atoms with E-state index in [2.05, 4.69) is 15.7 Å².